The van der Waals surface area contributed by atoms with Gasteiger partial charge >= 0.3 is 18.0 Å². The highest BCUT2D eigenvalue weighted by atomic mass is 16.7. The van der Waals surface area contributed by atoms with Gasteiger partial charge in [-0.3, -0.25) is 24.1 Å². The largest absolute Gasteiger partial charge is 0.480 e. The zero-order valence-electron chi connectivity index (χ0n) is 32.5. The van der Waals surface area contributed by atoms with Crippen LogP contribution in [0.5, 0.6) is 0 Å². The van der Waals surface area contributed by atoms with Crippen molar-refractivity contribution in [1.29, 1.82) is 0 Å². The lowest BCUT2D eigenvalue weighted by Gasteiger charge is -2.29. The number of hydrogen-bond acceptors (Lipinski definition) is 9. The van der Waals surface area contributed by atoms with E-state index in [-0.39, 0.29) is 54.7 Å². The van der Waals surface area contributed by atoms with Gasteiger partial charge in [0.1, 0.15) is 25.3 Å². The number of amides is 5. The minimum atomic E-state index is -0.943. The van der Waals surface area contributed by atoms with Crippen molar-refractivity contribution >= 4 is 35.5 Å². The molecule has 5 amide bonds. The summed E-state index contributed by atoms with van der Waals surface area (Å²) in [4.78, 5) is 86.1. The highest BCUT2D eigenvalue weighted by molar-refractivity contribution is 6.00. The number of benzene rings is 4. The second-order valence-electron chi connectivity index (χ2n) is 14.4. The average Bonchev–Trinajstić information content (AvgIpc) is 3.66. The molecule has 15 nitrogen and oxygen atoms in total. The number of nitrogens with two attached hydrogens (primary N) is 1. The van der Waals surface area contributed by atoms with E-state index in [1.54, 1.807) is 41.3 Å². The van der Waals surface area contributed by atoms with Crippen LogP contribution in [0.3, 0.4) is 0 Å². The summed E-state index contributed by atoms with van der Waals surface area (Å²) in [6, 6.07) is 35.1. The standard InChI is InChI=1S/C22H23N3O4.C14H16N2O4.C8H9NO/c26-20(17-9-5-2-6-10-17)13-23-21(27)19-12-11-18-14-24(19)22(28)25(18)29-15-16-7-3-1-4-8-16;17-13(18)12-7-6-11-8-15(12)14(19)16(11)20-9-10-4-2-1-3-5-10;9-6-8(10)7-4-2-1-3-5-7/h1-10,18-19H,11-15H2,(H,23,27);1-5,11-12H,6-9H2,(H,17,18);1-5H,6,9H2/t18-,19+;11-,12+;/m11./s1. The first kappa shape index (κ1) is 42.2. The molecular weight excluding hydrogens is 757 g/mol. The van der Waals surface area contributed by atoms with Gasteiger partial charge in [-0.15, -0.1) is 0 Å². The van der Waals surface area contributed by atoms with Crippen molar-refractivity contribution in [3.05, 3.63) is 144 Å². The monoisotopic (exact) mass is 804 g/mol. The molecule has 4 fully saturated rings. The summed E-state index contributed by atoms with van der Waals surface area (Å²) in [6.45, 7) is 1.51. The zero-order chi connectivity index (χ0) is 41.7. The minimum absolute atomic E-state index is 0.0133. The third kappa shape index (κ3) is 10.8. The molecular formula is C44H48N6O9. The van der Waals surface area contributed by atoms with Crippen LogP contribution in [0.15, 0.2) is 121 Å². The highest BCUT2D eigenvalue weighted by Crippen LogP contribution is 2.32. The first-order valence-electron chi connectivity index (χ1n) is 19.5. The molecule has 4 aliphatic heterocycles. The number of ketones is 2. The second-order valence-corrected chi connectivity index (χ2v) is 14.4. The van der Waals surface area contributed by atoms with Crippen LogP contribution in [-0.2, 0) is 32.5 Å². The van der Waals surface area contributed by atoms with Crippen molar-refractivity contribution in [2.75, 3.05) is 26.2 Å². The Kier molecular flexibility index (Phi) is 14.5. The fraction of sp³-hybridized carbons (Fsp3) is 0.318. The lowest BCUT2D eigenvalue weighted by atomic mass is 10.00. The summed E-state index contributed by atoms with van der Waals surface area (Å²) in [5, 5.41) is 14.5. The van der Waals surface area contributed by atoms with Gasteiger partial charge in [0.25, 0.3) is 0 Å². The second kappa shape index (κ2) is 20.3. The topological polar surface area (TPSA) is 192 Å². The molecule has 0 aliphatic carbocycles. The van der Waals surface area contributed by atoms with Gasteiger partial charge in [0.05, 0.1) is 25.2 Å². The molecule has 0 unspecified atom stereocenters. The molecule has 0 radical (unpaired) electrons. The normalized spacial score (nSPS) is 20.2. The molecule has 0 saturated carbocycles. The fourth-order valence-electron chi connectivity index (χ4n) is 7.32. The van der Waals surface area contributed by atoms with Gasteiger partial charge in [0.15, 0.2) is 11.6 Å². The Balaban J connectivity index is 0.000000168. The maximum atomic E-state index is 12.8. The number of carboxylic acids is 1. The van der Waals surface area contributed by atoms with Crippen LogP contribution >= 0.6 is 0 Å². The van der Waals surface area contributed by atoms with Gasteiger partial charge in [-0.1, -0.05) is 121 Å². The Hall–Kier alpha value is -6.42. The molecule has 4 heterocycles. The predicted molar refractivity (Wildman–Crippen MR) is 215 cm³/mol. The lowest BCUT2D eigenvalue weighted by Crippen LogP contribution is -2.50. The van der Waals surface area contributed by atoms with Gasteiger partial charge in [0, 0.05) is 24.2 Å². The SMILES string of the molecule is NCC(=O)c1ccccc1.O=C(CNC(=O)[C@@H]1CC[C@@H]2CN1C(=O)N2OCc1ccccc1)c1ccccc1.O=C(O)[C@@H]1CC[C@@H]2CN1C(=O)N2OCc1ccccc1. The molecule has 4 saturated heterocycles. The molecule has 4 bridgehead atoms. The van der Waals surface area contributed by atoms with Gasteiger partial charge in [-0.2, -0.15) is 10.1 Å². The molecule has 15 heteroatoms. The number of aliphatic carboxylic acids is 1. The van der Waals surface area contributed by atoms with Gasteiger partial charge in [-0.05, 0) is 36.8 Å². The first-order chi connectivity index (χ1) is 28.6. The number of urea groups is 2. The van der Waals surface area contributed by atoms with Crippen LogP contribution in [0.4, 0.5) is 9.59 Å². The molecule has 4 atom stereocenters. The number of fused-ring (bicyclic) bond motifs is 4. The fourth-order valence-corrected chi connectivity index (χ4v) is 7.32. The number of nitrogens with one attached hydrogen (secondary N) is 1. The number of hydroxylamine groups is 4. The van der Waals surface area contributed by atoms with E-state index < -0.39 is 18.1 Å². The van der Waals surface area contributed by atoms with Crippen molar-refractivity contribution < 1.29 is 43.5 Å². The van der Waals surface area contributed by atoms with Crippen LogP contribution < -0.4 is 11.1 Å². The highest BCUT2D eigenvalue weighted by Gasteiger charge is 2.49. The van der Waals surface area contributed by atoms with Crippen LogP contribution in [0.25, 0.3) is 0 Å². The Morgan fingerprint density at radius 3 is 1.44 bits per heavy atom. The third-order valence-electron chi connectivity index (χ3n) is 10.5. The maximum Gasteiger partial charge on any atom is 0.345 e. The maximum absolute atomic E-state index is 12.8. The van der Waals surface area contributed by atoms with Crippen LogP contribution in [0.1, 0.15) is 57.5 Å². The van der Waals surface area contributed by atoms with Crippen molar-refractivity contribution in [3.8, 4) is 0 Å². The quantitative estimate of drug-likeness (QED) is 0.160. The predicted octanol–water partition coefficient (Wildman–Crippen LogP) is 4.69. The summed E-state index contributed by atoms with van der Waals surface area (Å²) < 4.78 is 0. The Bertz CT molecular complexity index is 2060. The summed E-state index contributed by atoms with van der Waals surface area (Å²) in [5.74, 6) is -1.42. The summed E-state index contributed by atoms with van der Waals surface area (Å²) in [7, 11) is 0. The number of rotatable bonds is 13. The van der Waals surface area contributed by atoms with E-state index in [0.717, 1.165) is 11.1 Å². The van der Waals surface area contributed by atoms with Crippen molar-refractivity contribution in [2.45, 2.75) is 63.1 Å². The minimum Gasteiger partial charge on any atom is -0.480 e. The van der Waals surface area contributed by atoms with Crippen LogP contribution in [0.2, 0.25) is 0 Å². The number of nitrogens with zero attached hydrogens (tertiary/aromatic N) is 4. The number of carbonyl (C=O) groups is 6. The molecule has 308 valence electrons. The number of carboxylic acid groups (broad SMARTS) is 1. The van der Waals surface area contributed by atoms with E-state index in [0.29, 0.717) is 63.1 Å². The summed E-state index contributed by atoms with van der Waals surface area (Å²) >= 11 is 0. The molecule has 0 spiro atoms. The Labute approximate surface area is 342 Å². The van der Waals surface area contributed by atoms with Crippen molar-refractivity contribution in [2.24, 2.45) is 5.73 Å². The number of hydrogen-bond donors (Lipinski definition) is 3. The molecule has 0 aromatic heterocycles. The van der Waals surface area contributed by atoms with Crippen molar-refractivity contribution in [3.63, 3.8) is 0 Å². The van der Waals surface area contributed by atoms with Crippen LogP contribution in [0, 0.1) is 0 Å². The summed E-state index contributed by atoms with van der Waals surface area (Å²) in [5.41, 5.74) is 8.35. The molecule has 4 aromatic carbocycles. The lowest BCUT2D eigenvalue weighted by molar-refractivity contribution is -0.143. The molecule has 59 heavy (non-hydrogen) atoms. The van der Waals surface area contributed by atoms with Gasteiger partial charge in [-0.25, -0.2) is 14.4 Å². The zero-order valence-corrected chi connectivity index (χ0v) is 32.5. The van der Waals surface area contributed by atoms with Gasteiger partial charge < -0.3 is 26.0 Å². The number of carbonyl (C=O) groups excluding carboxylic acids is 5. The Morgan fingerprint density at radius 2 is 1.00 bits per heavy atom. The van der Waals surface area contributed by atoms with E-state index in [1.165, 1.54) is 15.0 Å². The van der Waals surface area contributed by atoms with E-state index in [9.17, 15) is 28.8 Å². The van der Waals surface area contributed by atoms with E-state index in [2.05, 4.69) is 5.32 Å². The molecule has 4 aliphatic rings. The first-order valence-corrected chi connectivity index (χ1v) is 19.5. The van der Waals surface area contributed by atoms with E-state index >= 15 is 0 Å². The molecule has 8 rings (SSSR count). The average molecular weight is 805 g/mol. The number of Topliss-reactive ketones (excluding diaryl/α,β-unsaturated/α-hetero) is 2. The van der Waals surface area contributed by atoms with E-state index in [4.69, 9.17) is 20.5 Å². The number of piperidine rings is 2. The summed E-state index contributed by atoms with van der Waals surface area (Å²) in [6.07, 6.45) is 2.37. The van der Waals surface area contributed by atoms with Crippen molar-refractivity contribution in [1.82, 2.24) is 25.2 Å². The molecule has 4 aromatic rings. The van der Waals surface area contributed by atoms with Gasteiger partial charge in [0.2, 0.25) is 5.91 Å². The van der Waals surface area contributed by atoms with E-state index in [1.807, 2.05) is 84.9 Å². The van der Waals surface area contributed by atoms with Crippen LogP contribution in [-0.4, -0.2) is 111 Å². The molecule has 4 N–H and O–H groups in total. The smallest absolute Gasteiger partial charge is 0.345 e. The Morgan fingerprint density at radius 1 is 0.593 bits per heavy atom. The third-order valence-corrected chi connectivity index (χ3v) is 10.5.